The van der Waals surface area contributed by atoms with E-state index in [1.807, 2.05) is 25.1 Å². The van der Waals surface area contributed by atoms with E-state index >= 15 is 0 Å². The molecule has 5 aromatic carbocycles. The van der Waals surface area contributed by atoms with Crippen LogP contribution in [0.5, 0.6) is 0 Å². The van der Waals surface area contributed by atoms with Crippen LogP contribution in [0.15, 0.2) is 128 Å². The summed E-state index contributed by atoms with van der Waals surface area (Å²) in [6.45, 7) is 25.3. The number of hydrogen-bond donors (Lipinski definition) is 0. The number of hydrogen-bond acceptors (Lipinski definition) is 4. The van der Waals surface area contributed by atoms with Crippen LogP contribution < -0.4 is 5.19 Å². The number of aryl methyl sites for hydroxylation is 1. The maximum atomic E-state index is 5.25. The molecule has 1 radical (unpaired) electrons. The van der Waals surface area contributed by atoms with Crippen molar-refractivity contribution in [2.75, 3.05) is 0 Å². The predicted molar refractivity (Wildman–Crippen MR) is 269 cm³/mol. The topological polar surface area (TPSA) is 43.6 Å². The molecule has 323 valence electrons. The Hall–Kier alpha value is -5.04. The van der Waals surface area contributed by atoms with Crippen molar-refractivity contribution in [3.63, 3.8) is 0 Å². The van der Waals surface area contributed by atoms with Gasteiger partial charge in [-0.05, 0) is 104 Å². The number of aromatic nitrogens is 4. The molecule has 9 rings (SSSR count). The molecule has 0 saturated carbocycles. The van der Waals surface area contributed by atoms with Gasteiger partial charge in [-0.25, -0.2) is 4.98 Å². The van der Waals surface area contributed by atoms with Crippen molar-refractivity contribution >= 4 is 55.9 Å². The van der Waals surface area contributed by atoms with Gasteiger partial charge in [0.05, 0.1) is 24.9 Å². The summed E-state index contributed by atoms with van der Waals surface area (Å²) in [6, 6.07) is 49.9. The summed E-state index contributed by atoms with van der Waals surface area (Å²) in [5.41, 5.74) is 14.4. The van der Waals surface area contributed by atoms with E-state index in [-0.39, 0.29) is 25.5 Å². The van der Waals surface area contributed by atoms with Crippen LogP contribution in [0.1, 0.15) is 82.7 Å². The molecule has 63 heavy (non-hydrogen) atoms. The van der Waals surface area contributed by atoms with Gasteiger partial charge in [-0.2, -0.15) is 11.3 Å². The number of benzene rings is 5. The number of fused-ring (bicyclic) bond motifs is 4. The van der Waals surface area contributed by atoms with Gasteiger partial charge >= 0.3 is 0 Å². The fourth-order valence-corrected chi connectivity index (χ4v) is 11.1. The van der Waals surface area contributed by atoms with E-state index < -0.39 is 8.07 Å². The van der Waals surface area contributed by atoms with Gasteiger partial charge in [-0.1, -0.05) is 134 Å². The minimum atomic E-state index is -1.37. The zero-order chi connectivity index (χ0) is 43.9. The second-order valence-corrected chi connectivity index (χ2v) is 25.5. The fraction of sp³-hybridized carbons (Fsp3) is 0.268. The Morgan fingerprint density at radius 1 is 0.714 bits per heavy atom. The van der Waals surface area contributed by atoms with Crippen LogP contribution in [0.4, 0.5) is 0 Å². The second kappa shape index (κ2) is 18.6. The Kier molecular flexibility index (Phi) is 13.6. The second-order valence-electron chi connectivity index (χ2n) is 19.5. The molecule has 0 fully saturated rings. The number of pyridine rings is 2. The largest absolute Gasteiger partial charge is 0.333 e. The number of imidazole rings is 1. The molecule has 4 heterocycles. The van der Waals surface area contributed by atoms with Crippen LogP contribution in [0.2, 0.25) is 19.6 Å². The van der Waals surface area contributed by atoms with Gasteiger partial charge in [0.1, 0.15) is 4.83 Å². The van der Waals surface area contributed by atoms with Crippen LogP contribution in [-0.4, -0.2) is 27.6 Å². The van der Waals surface area contributed by atoms with Gasteiger partial charge in [0.15, 0.2) is 0 Å². The molecule has 0 aliphatic rings. The van der Waals surface area contributed by atoms with Crippen LogP contribution in [0, 0.1) is 24.5 Å². The average Bonchev–Trinajstić information content (AvgIpc) is 3.80. The van der Waals surface area contributed by atoms with Crippen molar-refractivity contribution in [1.82, 2.24) is 19.5 Å². The Morgan fingerprint density at radius 3 is 2.05 bits per heavy atom. The number of nitrogens with zero attached hydrogens (tertiary/aromatic N) is 4. The number of rotatable bonds is 8. The Morgan fingerprint density at radius 2 is 1.40 bits per heavy atom. The summed E-state index contributed by atoms with van der Waals surface area (Å²) in [5, 5.41) is 3.88. The molecular formula is C56H58IrN4SSi-2. The van der Waals surface area contributed by atoms with E-state index in [1.165, 1.54) is 54.2 Å². The molecule has 0 spiro atoms. The SMILES string of the molecule is CC(C)(C)Cc1cc(-c2[c-]cccc2)ncc1[Si](C)(C)C.Cc1ccc2c(n1)sc1c[c-]c(-c3nc4ccccc4n3-c3c(C(C)C)cc(-c4ccccc4)cc3C(C)C)cc12.[Ir]. The Labute approximate surface area is 393 Å². The number of para-hydroxylation sites is 2. The molecule has 0 aliphatic carbocycles. The smallest absolute Gasteiger partial charge is 0.114 e. The van der Waals surface area contributed by atoms with Gasteiger partial charge in [0, 0.05) is 37.7 Å². The van der Waals surface area contributed by atoms with Crippen molar-refractivity contribution in [2.45, 2.75) is 93.3 Å². The molecule has 0 amide bonds. The minimum absolute atomic E-state index is 0. The first kappa shape index (κ1) is 46.0. The van der Waals surface area contributed by atoms with Crippen LogP contribution in [0.3, 0.4) is 0 Å². The van der Waals surface area contributed by atoms with Crippen molar-refractivity contribution in [2.24, 2.45) is 5.41 Å². The van der Waals surface area contributed by atoms with Crippen LogP contribution in [0.25, 0.3) is 70.8 Å². The zero-order valence-electron chi connectivity index (χ0n) is 38.5. The molecule has 0 saturated heterocycles. The molecule has 0 N–H and O–H groups in total. The third-order valence-corrected chi connectivity index (χ3v) is 14.6. The Bertz CT molecular complexity index is 3000. The quantitative estimate of drug-likeness (QED) is 0.113. The molecule has 4 nitrogen and oxygen atoms in total. The van der Waals surface area contributed by atoms with Crippen LogP contribution >= 0.6 is 11.3 Å². The molecule has 9 aromatic rings. The molecular weight excluding hydrogens is 981 g/mol. The summed E-state index contributed by atoms with van der Waals surface area (Å²) < 4.78 is 3.59. The van der Waals surface area contributed by atoms with Gasteiger partial charge in [-0.3, -0.25) is 4.98 Å². The molecule has 0 unspecified atom stereocenters. The summed E-state index contributed by atoms with van der Waals surface area (Å²) in [4.78, 5) is 15.8. The number of thiophene rings is 1. The molecule has 7 heteroatoms. The van der Waals surface area contributed by atoms with E-state index in [0.29, 0.717) is 11.8 Å². The Balaban J connectivity index is 0.000000229. The average molecular weight is 1040 g/mol. The first-order valence-electron chi connectivity index (χ1n) is 22.0. The molecule has 4 aromatic heterocycles. The standard InChI is InChI=1S/C37H32N3S.C19H26NSi.Ir/c1-22(2)29-20-27(25-11-7-6-8-12-25)21-30(23(3)4)35(29)40-33-14-10-9-13-32(33)39-36(40)26-16-18-34-31(19-26)28-17-15-24(5)38-37(28)41-34;1-19(2,3)13-16-12-17(15-10-8-7-9-11-15)20-14-18(16)21(4,5)6;/h6-15,17-23H,1-5H3;7-10,12,14H,13H2,1-6H3;/q2*-1;. The van der Waals surface area contributed by atoms with E-state index in [2.05, 4.69) is 194 Å². The normalized spacial score (nSPS) is 12.0. The minimum Gasteiger partial charge on any atom is -0.333 e. The zero-order valence-corrected chi connectivity index (χ0v) is 42.7. The van der Waals surface area contributed by atoms with Crippen molar-refractivity contribution in [3.05, 3.63) is 162 Å². The van der Waals surface area contributed by atoms with Crippen molar-refractivity contribution in [1.29, 1.82) is 0 Å². The summed E-state index contributed by atoms with van der Waals surface area (Å²) in [6.07, 6.45) is 3.21. The van der Waals surface area contributed by atoms with Gasteiger partial charge in [-0.15, -0.1) is 59.7 Å². The van der Waals surface area contributed by atoms with Crippen molar-refractivity contribution in [3.8, 4) is 39.5 Å². The maximum Gasteiger partial charge on any atom is 0.114 e. The third-order valence-electron chi connectivity index (χ3n) is 11.5. The molecule has 0 bridgehead atoms. The monoisotopic (exact) mass is 1040 g/mol. The summed E-state index contributed by atoms with van der Waals surface area (Å²) in [5.74, 6) is 1.56. The molecule has 0 atom stereocenters. The van der Waals surface area contributed by atoms with E-state index in [9.17, 15) is 0 Å². The van der Waals surface area contributed by atoms with E-state index in [0.717, 1.165) is 50.6 Å². The maximum absolute atomic E-state index is 5.25. The van der Waals surface area contributed by atoms with E-state index in [1.54, 1.807) is 11.3 Å². The molecule has 0 aliphatic heterocycles. The van der Waals surface area contributed by atoms with E-state index in [4.69, 9.17) is 15.0 Å². The van der Waals surface area contributed by atoms with Gasteiger partial charge < -0.3 is 9.55 Å². The summed E-state index contributed by atoms with van der Waals surface area (Å²) >= 11 is 1.73. The van der Waals surface area contributed by atoms with Gasteiger partial charge in [0.25, 0.3) is 0 Å². The van der Waals surface area contributed by atoms with Gasteiger partial charge in [0.2, 0.25) is 0 Å². The first-order chi connectivity index (χ1) is 29.6. The predicted octanol–water partition coefficient (Wildman–Crippen LogP) is 15.2. The fourth-order valence-electron chi connectivity index (χ4n) is 8.46. The van der Waals surface area contributed by atoms with Crippen LogP contribution in [-0.2, 0) is 26.5 Å². The summed E-state index contributed by atoms with van der Waals surface area (Å²) in [7, 11) is -1.37. The third kappa shape index (κ3) is 9.88. The van der Waals surface area contributed by atoms with Crippen molar-refractivity contribution < 1.29 is 20.1 Å². The first-order valence-corrected chi connectivity index (χ1v) is 26.3.